The third kappa shape index (κ3) is 3.91. The first kappa shape index (κ1) is 23.6. The molecule has 0 amide bonds. The van der Waals surface area contributed by atoms with Crippen LogP contribution in [0.2, 0.25) is 5.02 Å². The van der Waals surface area contributed by atoms with E-state index in [2.05, 4.69) is 11.1 Å². The maximum absolute atomic E-state index is 11.5. The summed E-state index contributed by atoms with van der Waals surface area (Å²) in [7, 11) is 0. The molecular formula is C29H16ClN5O2S. The molecule has 0 fully saturated rings. The Kier molecular flexibility index (Phi) is 5.72. The number of fused-ring (bicyclic) bond motifs is 3. The summed E-state index contributed by atoms with van der Waals surface area (Å²) in [6.45, 7) is 0. The monoisotopic (exact) mass is 533 g/mol. The van der Waals surface area contributed by atoms with Crippen molar-refractivity contribution in [2.24, 2.45) is 0 Å². The van der Waals surface area contributed by atoms with Crippen molar-refractivity contribution < 1.29 is 4.92 Å². The van der Waals surface area contributed by atoms with Crippen molar-refractivity contribution in [1.29, 1.82) is 5.26 Å². The van der Waals surface area contributed by atoms with E-state index in [-0.39, 0.29) is 17.1 Å². The lowest BCUT2D eigenvalue weighted by molar-refractivity contribution is -0.384. The van der Waals surface area contributed by atoms with E-state index < -0.39 is 4.92 Å². The van der Waals surface area contributed by atoms with Crippen LogP contribution < -0.4 is 5.73 Å². The van der Waals surface area contributed by atoms with Crippen molar-refractivity contribution in [3.05, 3.63) is 106 Å². The van der Waals surface area contributed by atoms with Crippen LogP contribution in [-0.4, -0.2) is 14.9 Å². The molecule has 6 aromatic rings. The second kappa shape index (κ2) is 9.23. The normalized spacial score (nSPS) is 11.1. The van der Waals surface area contributed by atoms with Gasteiger partial charge in [-0.15, -0.1) is 11.3 Å². The van der Waals surface area contributed by atoms with Crippen LogP contribution in [0, 0.1) is 21.4 Å². The maximum Gasteiger partial charge on any atom is 0.270 e. The maximum atomic E-state index is 11.5. The number of nitro benzene ring substituents is 1. The van der Waals surface area contributed by atoms with E-state index >= 15 is 0 Å². The second-order valence-corrected chi connectivity index (χ2v) is 9.99. The first-order chi connectivity index (χ1) is 18.4. The highest BCUT2D eigenvalue weighted by Crippen LogP contribution is 2.46. The van der Waals surface area contributed by atoms with Crippen molar-refractivity contribution in [3.63, 3.8) is 0 Å². The Morgan fingerprint density at radius 1 is 0.921 bits per heavy atom. The Balaban J connectivity index is 1.74. The minimum atomic E-state index is -0.463. The molecule has 3 heterocycles. The Labute approximate surface area is 225 Å². The first-order valence-corrected chi connectivity index (χ1v) is 12.7. The number of thiophene rings is 1. The summed E-state index contributed by atoms with van der Waals surface area (Å²) in [5.41, 5.74) is 11.6. The predicted octanol–water partition coefficient (Wildman–Crippen LogP) is 7.86. The number of nitriles is 1. The SMILES string of the molecule is N#Cc1c(N)nc2c(sc3nc(-c4ccc(Cl)cc4)cc(-c4ccccc4)c32)c1-c1cccc([N+](=O)[O-])c1. The van der Waals surface area contributed by atoms with Gasteiger partial charge in [0.15, 0.2) is 0 Å². The fraction of sp³-hybridized carbons (Fsp3) is 0. The van der Waals surface area contributed by atoms with Gasteiger partial charge in [-0.1, -0.05) is 66.2 Å². The van der Waals surface area contributed by atoms with Crippen LogP contribution in [0.1, 0.15) is 5.56 Å². The van der Waals surface area contributed by atoms with E-state index in [1.165, 1.54) is 23.5 Å². The molecular weight excluding hydrogens is 518 g/mol. The fourth-order valence-electron chi connectivity index (χ4n) is 4.55. The summed E-state index contributed by atoms with van der Waals surface area (Å²) in [5.74, 6) is 0.0574. The van der Waals surface area contributed by atoms with Gasteiger partial charge in [0.2, 0.25) is 0 Å². The van der Waals surface area contributed by atoms with Gasteiger partial charge in [0.05, 0.1) is 20.8 Å². The van der Waals surface area contributed by atoms with E-state index in [0.29, 0.717) is 31.2 Å². The molecule has 7 nitrogen and oxygen atoms in total. The molecule has 0 aliphatic heterocycles. The molecule has 9 heteroatoms. The Morgan fingerprint density at radius 2 is 1.66 bits per heavy atom. The van der Waals surface area contributed by atoms with Crippen LogP contribution >= 0.6 is 22.9 Å². The van der Waals surface area contributed by atoms with Gasteiger partial charge in [-0.2, -0.15) is 5.26 Å². The number of non-ortho nitro benzene ring substituents is 1. The van der Waals surface area contributed by atoms with Gasteiger partial charge in [0.1, 0.15) is 22.3 Å². The molecule has 0 aliphatic carbocycles. The third-order valence-electron chi connectivity index (χ3n) is 6.28. The fourth-order valence-corrected chi connectivity index (χ4v) is 5.89. The molecule has 6 rings (SSSR count). The van der Waals surface area contributed by atoms with Crippen LogP contribution in [0.4, 0.5) is 11.5 Å². The molecule has 0 atom stereocenters. The lowest BCUT2D eigenvalue weighted by Gasteiger charge is -2.10. The summed E-state index contributed by atoms with van der Waals surface area (Å²) >= 11 is 7.50. The number of hydrogen-bond donors (Lipinski definition) is 1. The van der Waals surface area contributed by atoms with Crippen LogP contribution in [-0.2, 0) is 0 Å². The number of nitro groups is 1. The number of nitrogens with zero attached hydrogens (tertiary/aromatic N) is 4. The molecule has 0 saturated heterocycles. The highest BCUT2D eigenvalue weighted by Gasteiger charge is 2.23. The number of benzene rings is 3. The lowest BCUT2D eigenvalue weighted by atomic mass is 9.97. The van der Waals surface area contributed by atoms with E-state index in [4.69, 9.17) is 22.3 Å². The molecule has 0 bridgehead atoms. The van der Waals surface area contributed by atoms with Gasteiger partial charge in [-0.25, -0.2) is 9.97 Å². The number of nitrogens with two attached hydrogens (primary N) is 1. The van der Waals surface area contributed by atoms with E-state index in [0.717, 1.165) is 27.8 Å². The Bertz CT molecular complexity index is 1930. The topological polar surface area (TPSA) is 119 Å². The molecule has 0 saturated carbocycles. The summed E-state index contributed by atoms with van der Waals surface area (Å²) in [6, 6.07) is 27.7. The van der Waals surface area contributed by atoms with Gasteiger partial charge >= 0.3 is 0 Å². The number of anilines is 1. The number of pyridine rings is 2. The van der Waals surface area contributed by atoms with Crippen molar-refractivity contribution in [2.45, 2.75) is 0 Å². The van der Waals surface area contributed by atoms with Crippen LogP contribution in [0.25, 0.3) is 53.9 Å². The largest absolute Gasteiger partial charge is 0.383 e. The average Bonchev–Trinajstić information content (AvgIpc) is 3.30. The zero-order valence-electron chi connectivity index (χ0n) is 19.6. The van der Waals surface area contributed by atoms with Gasteiger partial charge in [-0.3, -0.25) is 10.1 Å². The first-order valence-electron chi connectivity index (χ1n) is 11.5. The van der Waals surface area contributed by atoms with Gasteiger partial charge in [0, 0.05) is 33.7 Å². The van der Waals surface area contributed by atoms with E-state index in [1.54, 1.807) is 12.1 Å². The average molecular weight is 534 g/mol. The smallest absolute Gasteiger partial charge is 0.270 e. The second-order valence-electron chi connectivity index (χ2n) is 8.55. The molecule has 182 valence electrons. The molecule has 0 radical (unpaired) electrons. The van der Waals surface area contributed by atoms with Crippen molar-refractivity contribution in [1.82, 2.24) is 9.97 Å². The number of nitrogen functional groups attached to an aromatic ring is 1. The molecule has 0 spiro atoms. The number of halogens is 1. The molecule has 3 aromatic carbocycles. The third-order valence-corrected chi connectivity index (χ3v) is 7.63. The quantitative estimate of drug-likeness (QED) is 0.182. The molecule has 3 aromatic heterocycles. The van der Waals surface area contributed by atoms with Gasteiger partial charge in [-0.05, 0) is 34.9 Å². The van der Waals surface area contributed by atoms with Crippen molar-refractivity contribution in [3.8, 4) is 39.6 Å². The van der Waals surface area contributed by atoms with Crippen LogP contribution in [0.5, 0.6) is 0 Å². The van der Waals surface area contributed by atoms with Crippen molar-refractivity contribution >= 4 is 54.9 Å². The summed E-state index contributed by atoms with van der Waals surface area (Å²) < 4.78 is 0.684. The highest BCUT2D eigenvalue weighted by atomic mass is 35.5. The minimum absolute atomic E-state index is 0.0574. The van der Waals surface area contributed by atoms with E-state index in [9.17, 15) is 15.4 Å². The molecule has 0 unspecified atom stereocenters. The van der Waals surface area contributed by atoms with Crippen LogP contribution in [0.15, 0.2) is 84.9 Å². The molecule has 0 aliphatic rings. The summed E-state index contributed by atoms with van der Waals surface area (Å²) in [5, 5.41) is 22.9. The summed E-state index contributed by atoms with van der Waals surface area (Å²) in [4.78, 5) is 21.4. The lowest BCUT2D eigenvalue weighted by Crippen LogP contribution is -1.98. The molecule has 2 N–H and O–H groups in total. The Morgan fingerprint density at radius 3 is 2.37 bits per heavy atom. The number of rotatable bonds is 4. The number of aromatic nitrogens is 2. The zero-order chi connectivity index (χ0) is 26.4. The highest BCUT2D eigenvalue weighted by molar-refractivity contribution is 7.26. The van der Waals surface area contributed by atoms with Crippen LogP contribution in [0.3, 0.4) is 0 Å². The Hall–Kier alpha value is -4.84. The standard InChI is InChI=1S/C29H16ClN5O2S/c30-19-11-9-17(10-12-19)23-14-21(16-5-2-1-3-6-16)25-26-27(38-29(25)33-23)24(22(15-31)28(32)34-26)18-7-4-8-20(13-18)35(36)37/h1-14H,(H2,32,34). The summed E-state index contributed by atoms with van der Waals surface area (Å²) in [6.07, 6.45) is 0. The minimum Gasteiger partial charge on any atom is -0.383 e. The number of hydrogen-bond acceptors (Lipinski definition) is 7. The molecule has 38 heavy (non-hydrogen) atoms. The van der Waals surface area contributed by atoms with Gasteiger partial charge in [0.25, 0.3) is 5.69 Å². The van der Waals surface area contributed by atoms with E-state index in [1.807, 2.05) is 60.7 Å². The predicted molar refractivity (Wildman–Crippen MR) is 152 cm³/mol. The van der Waals surface area contributed by atoms with Crippen molar-refractivity contribution in [2.75, 3.05) is 5.73 Å². The van der Waals surface area contributed by atoms with Gasteiger partial charge < -0.3 is 5.73 Å². The zero-order valence-corrected chi connectivity index (χ0v) is 21.1.